The largest absolute Gasteiger partial charge is 0.390 e. The van der Waals surface area contributed by atoms with Crippen molar-refractivity contribution in [3.8, 4) is 0 Å². The first-order chi connectivity index (χ1) is 8.78. The van der Waals surface area contributed by atoms with E-state index in [-0.39, 0.29) is 6.10 Å². The van der Waals surface area contributed by atoms with E-state index in [9.17, 15) is 5.11 Å². The summed E-state index contributed by atoms with van der Waals surface area (Å²) in [7, 11) is 0. The number of aliphatic hydroxyl groups excluding tert-OH is 1. The molecule has 2 unspecified atom stereocenters. The molecular weight excluding hydrogens is 246 g/mol. The first-order valence-electron chi connectivity index (χ1n) is 7.23. The summed E-state index contributed by atoms with van der Waals surface area (Å²) >= 11 is 2.09. The van der Waals surface area contributed by atoms with Crippen molar-refractivity contribution in [3.63, 3.8) is 0 Å². The summed E-state index contributed by atoms with van der Waals surface area (Å²) in [4.78, 5) is 4.81. The Morgan fingerprint density at radius 3 is 2.67 bits per heavy atom. The van der Waals surface area contributed by atoms with Crippen molar-refractivity contribution in [3.05, 3.63) is 0 Å². The SMILES string of the molecule is CCC1CN(CC(O)CN2CCNCC2)CCS1. The van der Waals surface area contributed by atoms with Crippen molar-refractivity contribution in [2.75, 3.05) is 58.1 Å². The quantitative estimate of drug-likeness (QED) is 0.742. The molecule has 0 radical (unpaired) electrons. The number of piperazine rings is 1. The molecule has 0 amide bonds. The van der Waals surface area contributed by atoms with Gasteiger partial charge in [-0.3, -0.25) is 9.80 Å². The van der Waals surface area contributed by atoms with Crippen LogP contribution in [0.3, 0.4) is 0 Å². The van der Waals surface area contributed by atoms with Gasteiger partial charge in [-0.15, -0.1) is 0 Å². The standard InChI is InChI=1S/C13H27N3OS/c1-2-13-11-16(7-8-18-13)10-12(17)9-15-5-3-14-4-6-15/h12-14,17H,2-11H2,1H3. The number of hydrogen-bond acceptors (Lipinski definition) is 5. The predicted octanol–water partition coefficient (Wildman–Crippen LogP) is 0.0799. The highest BCUT2D eigenvalue weighted by atomic mass is 32.2. The molecule has 5 heteroatoms. The Kier molecular flexibility index (Phi) is 6.24. The van der Waals surface area contributed by atoms with Gasteiger partial charge in [-0.05, 0) is 6.42 Å². The van der Waals surface area contributed by atoms with Gasteiger partial charge in [0.2, 0.25) is 0 Å². The lowest BCUT2D eigenvalue weighted by Gasteiger charge is -2.35. The number of aliphatic hydroxyl groups is 1. The molecule has 2 fully saturated rings. The molecule has 0 spiro atoms. The molecule has 2 heterocycles. The van der Waals surface area contributed by atoms with E-state index in [1.807, 2.05) is 0 Å². The zero-order valence-corrected chi connectivity index (χ0v) is 12.3. The van der Waals surface area contributed by atoms with E-state index in [2.05, 4.69) is 33.8 Å². The molecule has 2 aliphatic rings. The molecule has 0 aliphatic carbocycles. The highest BCUT2D eigenvalue weighted by Crippen LogP contribution is 2.21. The highest BCUT2D eigenvalue weighted by Gasteiger charge is 2.22. The number of nitrogens with one attached hydrogen (secondary N) is 1. The van der Waals surface area contributed by atoms with Gasteiger partial charge in [0, 0.05) is 63.4 Å². The van der Waals surface area contributed by atoms with Gasteiger partial charge in [-0.1, -0.05) is 6.92 Å². The molecular formula is C13H27N3OS. The topological polar surface area (TPSA) is 38.7 Å². The lowest BCUT2D eigenvalue weighted by atomic mass is 10.2. The maximum Gasteiger partial charge on any atom is 0.0793 e. The van der Waals surface area contributed by atoms with Crippen molar-refractivity contribution in [1.29, 1.82) is 0 Å². The van der Waals surface area contributed by atoms with Gasteiger partial charge < -0.3 is 10.4 Å². The third-order valence-electron chi connectivity index (χ3n) is 3.83. The number of hydrogen-bond donors (Lipinski definition) is 2. The molecule has 0 aromatic heterocycles. The van der Waals surface area contributed by atoms with Crippen LogP contribution in [0.25, 0.3) is 0 Å². The highest BCUT2D eigenvalue weighted by molar-refractivity contribution is 8.00. The van der Waals surface area contributed by atoms with Crippen molar-refractivity contribution in [2.45, 2.75) is 24.7 Å². The minimum Gasteiger partial charge on any atom is -0.390 e. The lowest BCUT2D eigenvalue weighted by molar-refractivity contribution is 0.0703. The second-order valence-electron chi connectivity index (χ2n) is 5.37. The smallest absolute Gasteiger partial charge is 0.0793 e. The lowest BCUT2D eigenvalue weighted by Crippen LogP contribution is -2.49. The summed E-state index contributed by atoms with van der Waals surface area (Å²) in [6, 6.07) is 0. The fraction of sp³-hybridized carbons (Fsp3) is 1.00. The first-order valence-corrected chi connectivity index (χ1v) is 8.28. The van der Waals surface area contributed by atoms with Crippen LogP contribution in [0.4, 0.5) is 0 Å². The average Bonchev–Trinajstić information content (AvgIpc) is 2.40. The van der Waals surface area contributed by atoms with Crippen LogP contribution in [0.5, 0.6) is 0 Å². The van der Waals surface area contributed by atoms with Crippen LogP contribution < -0.4 is 5.32 Å². The van der Waals surface area contributed by atoms with Crippen LogP contribution in [-0.4, -0.2) is 84.4 Å². The molecule has 106 valence electrons. The predicted molar refractivity (Wildman–Crippen MR) is 78.3 cm³/mol. The van der Waals surface area contributed by atoms with Gasteiger partial charge in [0.15, 0.2) is 0 Å². The average molecular weight is 273 g/mol. The second kappa shape index (κ2) is 7.70. The monoisotopic (exact) mass is 273 g/mol. The maximum absolute atomic E-state index is 10.2. The Hall–Kier alpha value is 0.190. The molecule has 0 bridgehead atoms. The number of nitrogens with zero attached hydrogens (tertiary/aromatic N) is 2. The van der Waals surface area contributed by atoms with Crippen LogP contribution in [0.1, 0.15) is 13.3 Å². The van der Waals surface area contributed by atoms with E-state index in [0.717, 1.165) is 57.6 Å². The molecule has 0 aromatic rings. The Bertz CT molecular complexity index is 236. The molecule has 2 saturated heterocycles. The molecule has 4 nitrogen and oxygen atoms in total. The Balaban J connectivity index is 1.67. The molecule has 0 aromatic carbocycles. The molecule has 2 atom stereocenters. The maximum atomic E-state index is 10.2. The van der Waals surface area contributed by atoms with Crippen molar-refractivity contribution in [1.82, 2.24) is 15.1 Å². The third-order valence-corrected chi connectivity index (χ3v) is 5.20. The summed E-state index contributed by atoms with van der Waals surface area (Å²) in [6.07, 6.45) is 1.05. The van der Waals surface area contributed by atoms with E-state index >= 15 is 0 Å². The Morgan fingerprint density at radius 2 is 1.94 bits per heavy atom. The molecule has 0 saturated carbocycles. The van der Waals surface area contributed by atoms with E-state index in [1.165, 1.54) is 12.2 Å². The fourth-order valence-corrected chi connectivity index (χ4v) is 3.99. The zero-order valence-electron chi connectivity index (χ0n) is 11.5. The van der Waals surface area contributed by atoms with Gasteiger partial charge >= 0.3 is 0 Å². The van der Waals surface area contributed by atoms with Crippen LogP contribution in [-0.2, 0) is 0 Å². The third kappa shape index (κ3) is 4.70. The van der Waals surface area contributed by atoms with Gasteiger partial charge in [0.05, 0.1) is 6.10 Å². The van der Waals surface area contributed by atoms with E-state index in [4.69, 9.17) is 0 Å². The van der Waals surface area contributed by atoms with Gasteiger partial charge in [-0.25, -0.2) is 0 Å². The van der Waals surface area contributed by atoms with Gasteiger partial charge in [-0.2, -0.15) is 11.8 Å². The summed E-state index contributed by atoms with van der Waals surface area (Å²) in [5.74, 6) is 1.22. The number of rotatable bonds is 5. The summed E-state index contributed by atoms with van der Waals surface area (Å²) in [6.45, 7) is 10.5. The van der Waals surface area contributed by atoms with Crippen molar-refractivity contribution in [2.24, 2.45) is 0 Å². The first kappa shape index (κ1) is 14.6. The van der Waals surface area contributed by atoms with Crippen LogP contribution in [0, 0.1) is 0 Å². The number of thioether (sulfide) groups is 1. The van der Waals surface area contributed by atoms with E-state index in [0.29, 0.717) is 0 Å². The fourth-order valence-electron chi connectivity index (χ4n) is 2.74. The van der Waals surface area contributed by atoms with E-state index in [1.54, 1.807) is 0 Å². The Labute approximate surface area is 115 Å². The summed E-state index contributed by atoms with van der Waals surface area (Å²) < 4.78 is 0. The van der Waals surface area contributed by atoms with Crippen LogP contribution in [0.15, 0.2) is 0 Å². The van der Waals surface area contributed by atoms with Crippen LogP contribution >= 0.6 is 11.8 Å². The minimum atomic E-state index is -0.191. The van der Waals surface area contributed by atoms with Gasteiger partial charge in [0.25, 0.3) is 0 Å². The van der Waals surface area contributed by atoms with Crippen LogP contribution in [0.2, 0.25) is 0 Å². The van der Waals surface area contributed by atoms with Crippen molar-refractivity contribution >= 4 is 11.8 Å². The normalized spacial score (nSPS) is 29.3. The zero-order chi connectivity index (χ0) is 12.8. The molecule has 2 rings (SSSR count). The van der Waals surface area contributed by atoms with Crippen molar-refractivity contribution < 1.29 is 5.11 Å². The Morgan fingerprint density at radius 1 is 1.22 bits per heavy atom. The number of β-amino-alcohol motifs (C(OH)–C–C–N with tert-alkyl or cyclic N) is 1. The summed E-state index contributed by atoms with van der Waals surface area (Å²) in [5, 5.41) is 14.3. The minimum absolute atomic E-state index is 0.191. The summed E-state index contributed by atoms with van der Waals surface area (Å²) in [5.41, 5.74) is 0. The second-order valence-corrected chi connectivity index (χ2v) is 6.77. The molecule has 2 N–H and O–H groups in total. The van der Waals surface area contributed by atoms with Gasteiger partial charge in [0.1, 0.15) is 0 Å². The molecule has 18 heavy (non-hydrogen) atoms. The van der Waals surface area contributed by atoms with E-state index < -0.39 is 0 Å². The molecule has 2 aliphatic heterocycles.